The summed E-state index contributed by atoms with van der Waals surface area (Å²) in [6.07, 6.45) is 1.65. The Morgan fingerprint density at radius 3 is 3.00 bits per heavy atom. The van der Waals surface area contributed by atoms with Gasteiger partial charge in [0.05, 0.1) is 5.69 Å². The van der Waals surface area contributed by atoms with Crippen molar-refractivity contribution in [3.8, 4) is 0 Å². The first-order chi connectivity index (χ1) is 9.10. The number of rotatable bonds is 4. The summed E-state index contributed by atoms with van der Waals surface area (Å²) in [5.41, 5.74) is 0.466. The van der Waals surface area contributed by atoms with E-state index in [-0.39, 0.29) is 11.6 Å². The number of halogens is 2. The zero-order chi connectivity index (χ0) is 13.8. The normalized spacial score (nSPS) is 10.5. The minimum absolute atomic E-state index is 0.0691. The second kappa shape index (κ2) is 5.92. The molecular formula is C12H12BrFN4O. The molecule has 2 aromatic rings. The monoisotopic (exact) mass is 326 g/mol. The molecule has 0 aliphatic carbocycles. The van der Waals surface area contributed by atoms with Gasteiger partial charge in [-0.3, -0.25) is 9.89 Å². The van der Waals surface area contributed by atoms with E-state index in [2.05, 4.69) is 36.4 Å². The summed E-state index contributed by atoms with van der Waals surface area (Å²) in [6, 6.07) is 4.01. The van der Waals surface area contributed by atoms with Crippen molar-refractivity contribution in [2.45, 2.75) is 19.8 Å². The lowest BCUT2D eigenvalue weighted by molar-refractivity contribution is 0.101. The molecule has 0 atom stereocenters. The van der Waals surface area contributed by atoms with Gasteiger partial charge >= 0.3 is 0 Å². The lowest BCUT2D eigenvalue weighted by atomic mass is 10.3. The number of amides is 1. The van der Waals surface area contributed by atoms with Gasteiger partial charge in [-0.1, -0.05) is 6.92 Å². The van der Waals surface area contributed by atoms with Crippen LogP contribution in [0.4, 0.5) is 10.1 Å². The molecule has 0 spiro atoms. The van der Waals surface area contributed by atoms with Gasteiger partial charge in [-0.2, -0.15) is 0 Å². The first-order valence-corrected chi connectivity index (χ1v) is 6.57. The summed E-state index contributed by atoms with van der Waals surface area (Å²) in [7, 11) is 0. The quantitative estimate of drug-likeness (QED) is 0.907. The summed E-state index contributed by atoms with van der Waals surface area (Å²) in [4.78, 5) is 16.0. The number of benzene rings is 1. The molecule has 5 nitrogen and oxygen atoms in total. The van der Waals surface area contributed by atoms with Crippen LogP contribution in [0.5, 0.6) is 0 Å². The Bertz CT molecular complexity index is 599. The highest BCUT2D eigenvalue weighted by atomic mass is 79.9. The molecule has 1 aromatic carbocycles. The lowest BCUT2D eigenvalue weighted by Crippen LogP contribution is -2.14. The summed E-state index contributed by atoms with van der Waals surface area (Å²) >= 11 is 3.17. The first kappa shape index (κ1) is 13.7. The van der Waals surface area contributed by atoms with E-state index in [1.165, 1.54) is 18.2 Å². The van der Waals surface area contributed by atoms with Gasteiger partial charge in [0.15, 0.2) is 0 Å². The molecule has 0 unspecified atom stereocenters. The maximum atomic E-state index is 12.9. The molecule has 0 saturated heterocycles. The van der Waals surface area contributed by atoms with E-state index in [4.69, 9.17) is 0 Å². The predicted molar refractivity (Wildman–Crippen MR) is 72.4 cm³/mol. The zero-order valence-electron chi connectivity index (χ0n) is 10.2. The molecule has 19 heavy (non-hydrogen) atoms. The number of aromatic nitrogens is 3. The van der Waals surface area contributed by atoms with Crippen LogP contribution in [0, 0.1) is 5.82 Å². The van der Waals surface area contributed by atoms with Gasteiger partial charge in [0.2, 0.25) is 5.82 Å². The molecule has 0 fully saturated rings. The number of carbonyl (C=O) groups is 1. The number of carbonyl (C=O) groups excluding carboxylic acids is 1. The van der Waals surface area contributed by atoms with Crippen LogP contribution in [0.3, 0.4) is 0 Å². The smallest absolute Gasteiger partial charge is 0.295 e. The number of hydrogen-bond donors (Lipinski definition) is 2. The summed E-state index contributed by atoms with van der Waals surface area (Å²) in [5.74, 6) is -0.0793. The average Bonchev–Trinajstić information content (AvgIpc) is 2.82. The standard InChI is InChI=1S/C12H12BrFN4O/c1-2-3-10-16-11(18-17-10)12(19)15-9-5-4-7(14)6-8(9)13/h4-6H,2-3H2,1H3,(H,15,19)(H,16,17,18). The number of H-pyrrole nitrogens is 1. The molecule has 1 heterocycles. The van der Waals surface area contributed by atoms with Gasteiger partial charge < -0.3 is 5.32 Å². The number of nitrogens with zero attached hydrogens (tertiary/aromatic N) is 2. The Labute approximate surface area is 117 Å². The van der Waals surface area contributed by atoms with Crippen LogP contribution in [0.25, 0.3) is 0 Å². The van der Waals surface area contributed by atoms with Gasteiger partial charge in [0, 0.05) is 10.9 Å². The highest BCUT2D eigenvalue weighted by molar-refractivity contribution is 9.10. The Kier molecular flexibility index (Phi) is 4.26. The number of anilines is 1. The molecule has 1 amide bonds. The second-order valence-corrected chi connectivity index (χ2v) is 4.79. The Morgan fingerprint density at radius 1 is 1.53 bits per heavy atom. The van der Waals surface area contributed by atoms with Crippen LogP contribution >= 0.6 is 15.9 Å². The van der Waals surface area contributed by atoms with Crippen molar-refractivity contribution in [3.05, 3.63) is 40.1 Å². The molecule has 1 aromatic heterocycles. The fraction of sp³-hybridized carbons (Fsp3) is 0.250. The van der Waals surface area contributed by atoms with Crippen LogP contribution in [0.1, 0.15) is 29.8 Å². The maximum Gasteiger partial charge on any atom is 0.295 e. The van der Waals surface area contributed by atoms with E-state index >= 15 is 0 Å². The third kappa shape index (κ3) is 3.37. The number of hydrogen-bond acceptors (Lipinski definition) is 3. The van der Waals surface area contributed by atoms with Crippen LogP contribution in [0.15, 0.2) is 22.7 Å². The highest BCUT2D eigenvalue weighted by Gasteiger charge is 2.13. The summed E-state index contributed by atoms with van der Waals surface area (Å²) in [6.45, 7) is 2.01. The highest BCUT2D eigenvalue weighted by Crippen LogP contribution is 2.23. The summed E-state index contributed by atoms with van der Waals surface area (Å²) < 4.78 is 13.4. The van der Waals surface area contributed by atoms with E-state index in [0.717, 1.165) is 12.8 Å². The lowest BCUT2D eigenvalue weighted by Gasteiger charge is -2.04. The average molecular weight is 327 g/mol. The van der Waals surface area contributed by atoms with Crippen molar-refractivity contribution >= 4 is 27.5 Å². The molecule has 2 N–H and O–H groups in total. The molecule has 0 bridgehead atoms. The van der Waals surface area contributed by atoms with E-state index in [1.807, 2.05) is 6.92 Å². The van der Waals surface area contributed by atoms with Crippen molar-refractivity contribution in [1.82, 2.24) is 15.2 Å². The zero-order valence-corrected chi connectivity index (χ0v) is 11.8. The van der Waals surface area contributed by atoms with Crippen molar-refractivity contribution in [1.29, 1.82) is 0 Å². The van der Waals surface area contributed by atoms with Crippen LogP contribution < -0.4 is 5.32 Å². The molecule has 7 heteroatoms. The molecule has 100 valence electrons. The van der Waals surface area contributed by atoms with Crippen molar-refractivity contribution in [2.75, 3.05) is 5.32 Å². The van der Waals surface area contributed by atoms with E-state index in [1.54, 1.807) is 0 Å². The number of aryl methyl sites for hydroxylation is 1. The second-order valence-electron chi connectivity index (χ2n) is 3.93. The number of nitrogens with one attached hydrogen (secondary N) is 2. The molecule has 0 aliphatic rings. The van der Waals surface area contributed by atoms with Crippen LogP contribution in [-0.2, 0) is 6.42 Å². The minimum Gasteiger partial charge on any atom is -0.318 e. The number of aromatic amines is 1. The Morgan fingerprint density at radius 2 is 2.32 bits per heavy atom. The molecule has 0 saturated carbocycles. The van der Waals surface area contributed by atoms with Crippen molar-refractivity contribution < 1.29 is 9.18 Å². The first-order valence-electron chi connectivity index (χ1n) is 5.78. The van der Waals surface area contributed by atoms with E-state index in [9.17, 15) is 9.18 Å². The molecule has 0 radical (unpaired) electrons. The fourth-order valence-electron chi connectivity index (χ4n) is 1.51. The third-order valence-corrected chi connectivity index (χ3v) is 3.06. The van der Waals surface area contributed by atoms with Crippen LogP contribution in [0.2, 0.25) is 0 Å². The van der Waals surface area contributed by atoms with Gasteiger partial charge in [-0.05, 0) is 40.5 Å². The Hall–Kier alpha value is -1.76. The van der Waals surface area contributed by atoms with Gasteiger partial charge in [-0.25, -0.2) is 9.37 Å². The third-order valence-electron chi connectivity index (χ3n) is 2.40. The van der Waals surface area contributed by atoms with Crippen LogP contribution in [-0.4, -0.2) is 21.1 Å². The van der Waals surface area contributed by atoms with E-state index in [0.29, 0.717) is 16.0 Å². The SMILES string of the molecule is CCCc1nc(C(=O)Nc2ccc(F)cc2Br)n[nH]1. The summed E-state index contributed by atoms with van der Waals surface area (Å²) in [5, 5.41) is 9.16. The topological polar surface area (TPSA) is 70.7 Å². The minimum atomic E-state index is -0.439. The molecular weight excluding hydrogens is 315 g/mol. The Balaban J connectivity index is 2.11. The molecule has 0 aliphatic heterocycles. The van der Waals surface area contributed by atoms with E-state index < -0.39 is 5.91 Å². The maximum absolute atomic E-state index is 12.9. The predicted octanol–water partition coefficient (Wildman–Crippen LogP) is 2.91. The van der Waals surface area contributed by atoms with Gasteiger partial charge in [0.1, 0.15) is 11.6 Å². The fourth-order valence-corrected chi connectivity index (χ4v) is 1.96. The van der Waals surface area contributed by atoms with Gasteiger partial charge in [-0.15, -0.1) is 5.10 Å². The van der Waals surface area contributed by atoms with Crippen molar-refractivity contribution in [2.24, 2.45) is 0 Å². The van der Waals surface area contributed by atoms with Gasteiger partial charge in [0.25, 0.3) is 5.91 Å². The largest absolute Gasteiger partial charge is 0.318 e. The molecule has 2 rings (SSSR count). The van der Waals surface area contributed by atoms with Crippen molar-refractivity contribution in [3.63, 3.8) is 0 Å².